The summed E-state index contributed by atoms with van der Waals surface area (Å²) in [5, 5.41) is 16.6. The zero-order valence-corrected chi connectivity index (χ0v) is 15.8. The third kappa shape index (κ3) is 4.08. The lowest BCUT2D eigenvalue weighted by atomic mass is 9.90. The monoisotopic (exact) mass is 380 g/mol. The first-order chi connectivity index (χ1) is 13.7. The van der Waals surface area contributed by atoms with Gasteiger partial charge in [0, 0.05) is 32.1 Å². The van der Waals surface area contributed by atoms with E-state index in [0.29, 0.717) is 37.5 Å². The molecule has 1 aromatic carbocycles. The molecule has 0 spiro atoms. The Hall–Kier alpha value is -2.69. The van der Waals surface area contributed by atoms with Gasteiger partial charge in [0.2, 0.25) is 5.76 Å². The van der Waals surface area contributed by atoms with Crippen LogP contribution in [-0.2, 0) is 17.7 Å². The Kier molecular flexibility index (Phi) is 5.42. The van der Waals surface area contributed by atoms with Crippen LogP contribution < -0.4 is 5.32 Å². The lowest BCUT2D eigenvalue weighted by molar-refractivity contribution is -0.0755. The van der Waals surface area contributed by atoms with Gasteiger partial charge < -0.3 is 19.5 Å². The molecule has 0 bridgehead atoms. The van der Waals surface area contributed by atoms with E-state index in [-0.39, 0.29) is 11.4 Å². The summed E-state index contributed by atoms with van der Waals surface area (Å²) in [6, 6.07) is 11.4. The second-order valence-electron chi connectivity index (χ2n) is 7.65. The highest BCUT2D eigenvalue weighted by atomic mass is 16.5. The van der Waals surface area contributed by atoms with E-state index in [0.717, 1.165) is 37.2 Å². The highest BCUT2D eigenvalue weighted by Crippen LogP contribution is 2.24. The summed E-state index contributed by atoms with van der Waals surface area (Å²) in [6.07, 6.45) is 3.91. The number of likely N-dealkylation sites (tertiary alicyclic amines) is 1. The maximum atomic E-state index is 12.6. The first kappa shape index (κ1) is 18.7. The van der Waals surface area contributed by atoms with Crippen LogP contribution >= 0.6 is 0 Å². The summed E-state index contributed by atoms with van der Waals surface area (Å²) in [4.78, 5) is 14.4. The van der Waals surface area contributed by atoms with Gasteiger partial charge in [-0.2, -0.15) is 5.26 Å². The summed E-state index contributed by atoms with van der Waals surface area (Å²) in [5.41, 5.74) is 2.30. The molecule has 2 aromatic rings. The number of benzene rings is 1. The number of hydrogen-bond donors (Lipinski definition) is 1. The van der Waals surface area contributed by atoms with Crippen molar-refractivity contribution in [2.45, 2.75) is 37.8 Å². The molecule has 0 aliphatic carbocycles. The highest BCUT2D eigenvalue weighted by Gasteiger charge is 2.39. The van der Waals surface area contributed by atoms with Crippen molar-refractivity contribution in [3.8, 4) is 6.07 Å². The van der Waals surface area contributed by atoms with Crippen molar-refractivity contribution >= 4 is 5.91 Å². The molecular formula is C21H24N4O3. The molecule has 0 unspecified atom stereocenters. The van der Waals surface area contributed by atoms with Crippen molar-refractivity contribution in [1.82, 2.24) is 15.4 Å². The average Bonchev–Trinajstić information content (AvgIpc) is 3.19. The Morgan fingerprint density at radius 3 is 2.61 bits per heavy atom. The third-order valence-electron chi connectivity index (χ3n) is 5.44. The molecule has 7 heteroatoms. The minimum Gasteiger partial charge on any atom is -0.377 e. The first-order valence-corrected chi connectivity index (χ1v) is 9.74. The Morgan fingerprint density at radius 1 is 1.21 bits per heavy atom. The molecule has 0 saturated carbocycles. The fraction of sp³-hybridized carbons (Fsp3) is 0.476. The van der Waals surface area contributed by atoms with Crippen LogP contribution in [0.1, 0.15) is 46.6 Å². The van der Waals surface area contributed by atoms with Gasteiger partial charge in [-0.1, -0.05) is 17.3 Å². The van der Waals surface area contributed by atoms with E-state index in [1.165, 1.54) is 6.42 Å². The van der Waals surface area contributed by atoms with Gasteiger partial charge in [-0.25, -0.2) is 0 Å². The summed E-state index contributed by atoms with van der Waals surface area (Å²) in [6.45, 7) is 3.43. The third-order valence-corrected chi connectivity index (χ3v) is 5.44. The molecule has 2 saturated heterocycles. The number of nitrogens with zero attached hydrogens (tertiary/aromatic N) is 3. The van der Waals surface area contributed by atoms with Crippen molar-refractivity contribution < 1.29 is 14.1 Å². The molecule has 0 atom stereocenters. The molecule has 2 aliphatic heterocycles. The summed E-state index contributed by atoms with van der Waals surface area (Å²) in [7, 11) is 0. The minimum atomic E-state index is -0.212. The maximum absolute atomic E-state index is 12.6. The van der Waals surface area contributed by atoms with Gasteiger partial charge in [-0.3, -0.25) is 4.79 Å². The van der Waals surface area contributed by atoms with E-state index in [9.17, 15) is 4.79 Å². The van der Waals surface area contributed by atoms with Crippen LogP contribution in [0.5, 0.6) is 0 Å². The summed E-state index contributed by atoms with van der Waals surface area (Å²) < 4.78 is 10.8. The fourth-order valence-electron chi connectivity index (χ4n) is 3.70. The largest absolute Gasteiger partial charge is 0.377 e. The first-order valence-electron chi connectivity index (χ1n) is 9.74. The zero-order chi connectivity index (χ0) is 19.4. The maximum Gasteiger partial charge on any atom is 0.292 e. The number of carbonyl (C=O) groups excluding carboxylic acids is 1. The second-order valence-corrected chi connectivity index (χ2v) is 7.65. The molecule has 0 radical (unpaired) electrons. The minimum absolute atomic E-state index is 0.0668. The molecule has 2 aliphatic rings. The number of piperidine rings is 1. The van der Waals surface area contributed by atoms with E-state index >= 15 is 0 Å². The Bertz CT molecular complexity index is 859. The molecule has 1 aromatic heterocycles. The lowest BCUT2D eigenvalue weighted by Crippen LogP contribution is -2.61. The highest BCUT2D eigenvalue weighted by molar-refractivity contribution is 5.91. The standard InChI is InChI=1S/C21H24N4O3/c22-12-16-4-6-17(7-5-16)13-23-21(14-27-15-21)11-18-10-19(28-24-18)20(26)25-8-2-1-3-9-25/h4-7,10,23H,1-3,8-9,11,13-15H2. The Labute approximate surface area is 164 Å². The lowest BCUT2D eigenvalue weighted by Gasteiger charge is -2.42. The van der Waals surface area contributed by atoms with Crippen molar-refractivity contribution in [1.29, 1.82) is 5.26 Å². The second kappa shape index (κ2) is 8.13. The van der Waals surface area contributed by atoms with Crippen LogP contribution in [0.3, 0.4) is 0 Å². The molecule has 3 heterocycles. The van der Waals surface area contributed by atoms with Gasteiger partial charge in [0.1, 0.15) is 0 Å². The molecule has 7 nitrogen and oxygen atoms in total. The summed E-state index contributed by atoms with van der Waals surface area (Å²) >= 11 is 0. The number of amides is 1. The van der Waals surface area contributed by atoms with Crippen LogP contribution in [-0.4, -0.2) is 47.8 Å². The SMILES string of the molecule is N#Cc1ccc(CNC2(Cc3cc(C(=O)N4CCCCC4)on3)COC2)cc1. The molecular weight excluding hydrogens is 356 g/mol. The predicted molar refractivity (Wildman–Crippen MR) is 102 cm³/mol. The van der Waals surface area contributed by atoms with Crippen LogP contribution in [0.25, 0.3) is 0 Å². The molecule has 28 heavy (non-hydrogen) atoms. The van der Waals surface area contributed by atoms with Crippen molar-refractivity contribution in [2.24, 2.45) is 0 Å². The van der Waals surface area contributed by atoms with E-state index in [4.69, 9.17) is 14.5 Å². The van der Waals surface area contributed by atoms with Crippen molar-refractivity contribution in [3.63, 3.8) is 0 Å². The predicted octanol–water partition coefficient (Wildman–Crippen LogP) is 2.27. The average molecular weight is 380 g/mol. The topological polar surface area (TPSA) is 91.4 Å². The normalized spacial score (nSPS) is 18.3. The molecule has 1 amide bonds. The number of aromatic nitrogens is 1. The van der Waals surface area contributed by atoms with Gasteiger partial charge in [0.25, 0.3) is 5.91 Å². The van der Waals surface area contributed by atoms with E-state index in [2.05, 4.69) is 16.5 Å². The smallest absolute Gasteiger partial charge is 0.292 e. The van der Waals surface area contributed by atoms with Crippen LogP contribution in [0.4, 0.5) is 0 Å². The van der Waals surface area contributed by atoms with E-state index in [1.54, 1.807) is 6.07 Å². The number of hydrogen-bond acceptors (Lipinski definition) is 6. The van der Waals surface area contributed by atoms with Crippen LogP contribution in [0.15, 0.2) is 34.9 Å². The number of nitriles is 1. The Balaban J connectivity index is 1.37. The van der Waals surface area contributed by atoms with Gasteiger partial charge in [-0.15, -0.1) is 0 Å². The molecule has 146 valence electrons. The quantitative estimate of drug-likeness (QED) is 0.827. The Morgan fingerprint density at radius 2 is 1.96 bits per heavy atom. The number of carbonyl (C=O) groups is 1. The number of rotatable bonds is 6. The summed E-state index contributed by atoms with van der Waals surface area (Å²) in [5.74, 6) is 0.252. The molecule has 2 fully saturated rings. The van der Waals surface area contributed by atoms with E-state index < -0.39 is 0 Å². The zero-order valence-electron chi connectivity index (χ0n) is 15.8. The molecule has 1 N–H and O–H groups in total. The number of nitrogens with one attached hydrogen (secondary N) is 1. The molecule has 4 rings (SSSR count). The van der Waals surface area contributed by atoms with Crippen molar-refractivity contribution in [3.05, 3.63) is 52.9 Å². The number of ether oxygens (including phenoxy) is 1. The van der Waals surface area contributed by atoms with Crippen LogP contribution in [0.2, 0.25) is 0 Å². The van der Waals surface area contributed by atoms with Gasteiger partial charge in [0.15, 0.2) is 0 Å². The van der Waals surface area contributed by atoms with Crippen molar-refractivity contribution in [2.75, 3.05) is 26.3 Å². The van der Waals surface area contributed by atoms with Gasteiger partial charge in [0.05, 0.1) is 36.1 Å². The van der Waals surface area contributed by atoms with Gasteiger partial charge >= 0.3 is 0 Å². The fourth-order valence-corrected chi connectivity index (χ4v) is 3.70. The van der Waals surface area contributed by atoms with E-state index in [1.807, 2.05) is 29.2 Å². The van der Waals surface area contributed by atoms with Crippen LogP contribution in [0, 0.1) is 11.3 Å². The van der Waals surface area contributed by atoms with Gasteiger partial charge in [-0.05, 0) is 37.0 Å².